The molecule has 7 heteroatoms. The lowest BCUT2D eigenvalue weighted by Crippen LogP contribution is -2.26. The van der Waals surface area contributed by atoms with Gasteiger partial charge in [0.05, 0.1) is 34.6 Å². The second-order valence-electron chi connectivity index (χ2n) is 5.00. The Bertz CT molecular complexity index is 599. The lowest BCUT2D eigenvalue weighted by atomic mass is 10.1. The molecule has 1 unspecified atom stereocenters. The van der Waals surface area contributed by atoms with E-state index >= 15 is 0 Å². The van der Waals surface area contributed by atoms with E-state index in [1.807, 2.05) is 18.8 Å². The first-order chi connectivity index (χ1) is 10.0. The fourth-order valence-corrected chi connectivity index (χ4v) is 2.67. The highest BCUT2D eigenvalue weighted by Gasteiger charge is 2.24. The van der Waals surface area contributed by atoms with Crippen LogP contribution < -0.4 is 5.32 Å². The second-order valence-corrected chi connectivity index (χ2v) is 5.85. The van der Waals surface area contributed by atoms with Crippen LogP contribution in [0, 0.1) is 5.82 Å². The number of rotatable bonds is 6. The maximum atomic E-state index is 14.0. The van der Waals surface area contributed by atoms with Gasteiger partial charge in [-0.3, -0.25) is 9.67 Å². The lowest BCUT2D eigenvalue weighted by molar-refractivity contribution is 0.365. The number of aromatic nitrogens is 3. The minimum Gasteiger partial charge on any atom is -0.308 e. The molecule has 1 N–H and O–H groups in total. The highest BCUT2D eigenvalue weighted by Crippen LogP contribution is 2.28. The second kappa shape index (κ2) is 7.11. The molecule has 0 amide bonds. The van der Waals surface area contributed by atoms with Crippen LogP contribution in [0.15, 0.2) is 29.0 Å². The van der Waals surface area contributed by atoms with Gasteiger partial charge in [0.2, 0.25) is 0 Å². The number of hydrogen-bond acceptors (Lipinski definition) is 4. The number of pyridine rings is 1. The van der Waals surface area contributed by atoms with E-state index in [0.29, 0.717) is 5.69 Å². The molecule has 1 atom stereocenters. The number of likely N-dealkylation sites (N-methyl/N-ethyl adjacent to an activating group) is 1. The summed E-state index contributed by atoms with van der Waals surface area (Å²) in [4.78, 5) is 6.25. The van der Waals surface area contributed by atoms with Crippen molar-refractivity contribution in [2.75, 3.05) is 27.7 Å². The Kier molecular flexibility index (Phi) is 5.44. The molecule has 0 bridgehead atoms. The summed E-state index contributed by atoms with van der Waals surface area (Å²) < 4.78 is 16.8. The monoisotopic (exact) mass is 355 g/mol. The fraction of sp³-hybridized carbons (Fsp3) is 0.429. The van der Waals surface area contributed by atoms with Crippen LogP contribution in [0.4, 0.5) is 4.39 Å². The first kappa shape index (κ1) is 16.1. The fourth-order valence-electron chi connectivity index (χ4n) is 2.15. The van der Waals surface area contributed by atoms with Crippen LogP contribution >= 0.6 is 15.9 Å². The largest absolute Gasteiger partial charge is 0.308 e. The summed E-state index contributed by atoms with van der Waals surface area (Å²) in [7, 11) is 5.80. The highest BCUT2D eigenvalue weighted by molar-refractivity contribution is 9.10. The third-order valence-electron chi connectivity index (χ3n) is 3.21. The van der Waals surface area contributed by atoms with Gasteiger partial charge in [-0.2, -0.15) is 5.10 Å². The standard InChI is InChI=1S/C14H19BrFN5/c1-17-13(12-11(16)5-4-6-18-12)14-10(15)9-19-21(14)8-7-20(2)3/h4-6,9,13,17H,7-8H2,1-3H3. The van der Waals surface area contributed by atoms with Crippen molar-refractivity contribution in [1.29, 1.82) is 0 Å². The van der Waals surface area contributed by atoms with E-state index in [0.717, 1.165) is 23.3 Å². The summed E-state index contributed by atoms with van der Waals surface area (Å²) in [5.41, 5.74) is 1.24. The van der Waals surface area contributed by atoms with Gasteiger partial charge >= 0.3 is 0 Å². The molecule has 2 aromatic rings. The molecule has 0 saturated carbocycles. The lowest BCUT2D eigenvalue weighted by Gasteiger charge is -2.19. The van der Waals surface area contributed by atoms with Gasteiger partial charge in [-0.1, -0.05) is 0 Å². The van der Waals surface area contributed by atoms with Crippen LogP contribution in [-0.2, 0) is 6.54 Å². The van der Waals surface area contributed by atoms with E-state index in [9.17, 15) is 4.39 Å². The Labute approximate surface area is 132 Å². The normalized spacial score (nSPS) is 12.9. The van der Waals surface area contributed by atoms with Crippen LogP contribution in [0.1, 0.15) is 17.4 Å². The molecule has 114 valence electrons. The van der Waals surface area contributed by atoms with Gasteiger partial charge in [0.15, 0.2) is 0 Å². The summed E-state index contributed by atoms with van der Waals surface area (Å²) in [6.07, 6.45) is 3.33. The first-order valence-electron chi connectivity index (χ1n) is 6.68. The van der Waals surface area contributed by atoms with E-state index in [1.54, 1.807) is 25.5 Å². The number of nitrogens with zero attached hydrogens (tertiary/aromatic N) is 4. The Hall–Kier alpha value is -1.31. The zero-order valence-corrected chi connectivity index (χ0v) is 13.9. The van der Waals surface area contributed by atoms with Gasteiger partial charge in [-0.15, -0.1) is 0 Å². The van der Waals surface area contributed by atoms with Gasteiger partial charge < -0.3 is 10.2 Å². The minimum absolute atomic E-state index is 0.330. The molecule has 0 saturated heterocycles. The Morgan fingerprint density at radius 1 is 1.48 bits per heavy atom. The van der Waals surface area contributed by atoms with Crippen molar-refractivity contribution in [2.24, 2.45) is 0 Å². The summed E-state index contributed by atoms with van der Waals surface area (Å²) >= 11 is 3.50. The molecule has 0 fully saturated rings. The van der Waals surface area contributed by atoms with E-state index in [-0.39, 0.29) is 11.9 Å². The van der Waals surface area contributed by atoms with Crippen molar-refractivity contribution in [1.82, 2.24) is 25.0 Å². The third-order valence-corrected chi connectivity index (χ3v) is 3.83. The number of halogens is 2. The van der Waals surface area contributed by atoms with E-state index in [2.05, 4.69) is 36.2 Å². The number of nitrogens with one attached hydrogen (secondary N) is 1. The average Bonchev–Trinajstić information content (AvgIpc) is 2.81. The molecule has 2 rings (SSSR count). The third kappa shape index (κ3) is 3.66. The van der Waals surface area contributed by atoms with Gasteiger partial charge in [-0.25, -0.2) is 4.39 Å². The molecule has 0 radical (unpaired) electrons. The average molecular weight is 356 g/mol. The van der Waals surface area contributed by atoms with Crippen LogP contribution in [0.5, 0.6) is 0 Å². The summed E-state index contributed by atoms with van der Waals surface area (Å²) in [5.74, 6) is -0.330. The summed E-state index contributed by atoms with van der Waals surface area (Å²) in [5, 5.41) is 7.49. The van der Waals surface area contributed by atoms with Gasteiger partial charge in [-0.05, 0) is 49.2 Å². The van der Waals surface area contributed by atoms with Crippen LogP contribution in [-0.4, -0.2) is 47.4 Å². The topological polar surface area (TPSA) is 46.0 Å². The van der Waals surface area contributed by atoms with Crippen molar-refractivity contribution < 1.29 is 4.39 Å². The van der Waals surface area contributed by atoms with Crippen molar-refractivity contribution in [3.63, 3.8) is 0 Å². The molecular formula is C14H19BrFN5. The Morgan fingerprint density at radius 2 is 2.24 bits per heavy atom. The summed E-state index contributed by atoms with van der Waals surface area (Å²) in [6.45, 7) is 1.57. The quantitative estimate of drug-likeness (QED) is 0.861. The van der Waals surface area contributed by atoms with E-state index < -0.39 is 0 Å². The maximum absolute atomic E-state index is 14.0. The molecular weight excluding hydrogens is 337 g/mol. The van der Waals surface area contributed by atoms with E-state index in [1.165, 1.54) is 6.07 Å². The van der Waals surface area contributed by atoms with Gasteiger partial charge in [0.1, 0.15) is 5.82 Å². The predicted molar refractivity (Wildman–Crippen MR) is 83.6 cm³/mol. The van der Waals surface area contributed by atoms with Crippen LogP contribution in [0.2, 0.25) is 0 Å². The first-order valence-corrected chi connectivity index (χ1v) is 7.47. The van der Waals surface area contributed by atoms with Crippen LogP contribution in [0.25, 0.3) is 0 Å². The molecule has 5 nitrogen and oxygen atoms in total. The summed E-state index contributed by atoms with van der Waals surface area (Å²) in [6, 6.07) is 2.65. The van der Waals surface area contributed by atoms with Gasteiger partial charge in [0, 0.05) is 12.7 Å². The van der Waals surface area contributed by atoms with Gasteiger partial charge in [0.25, 0.3) is 0 Å². The highest BCUT2D eigenvalue weighted by atomic mass is 79.9. The number of hydrogen-bond donors (Lipinski definition) is 1. The molecule has 0 aromatic carbocycles. The zero-order chi connectivity index (χ0) is 15.4. The minimum atomic E-state index is -0.356. The van der Waals surface area contributed by atoms with Crippen molar-refractivity contribution in [3.05, 3.63) is 46.2 Å². The smallest absolute Gasteiger partial charge is 0.146 e. The van der Waals surface area contributed by atoms with E-state index in [4.69, 9.17) is 0 Å². The molecule has 2 heterocycles. The Morgan fingerprint density at radius 3 is 2.86 bits per heavy atom. The Balaban J connectivity index is 2.38. The molecule has 0 aliphatic heterocycles. The molecule has 0 spiro atoms. The molecule has 0 aliphatic rings. The molecule has 21 heavy (non-hydrogen) atoms. The van der Waals surface area contributed by atoms with Crippen molar-refractivity contribution >= 4 is 15.9 Å². The van der Waals surface area contributed by atoms with Crippen LogP contribution in [0.3, 0.4) is 0 Å². The maximum Gasteiger partial charge on any atom is 0.146 e. The predicted octanol–water partition coefficient (Wildman–Crippen LogP) is 2.05. The SMILES string of the molecule is CNC(c1ncccc1F)c1c(Br)cnn1CCN(C)C. The molecule has 2 aromatic heterocycles. The zero-order valence-electron chi connectivity index (χ0n) is 12.3. The molecule has 0 aliphatic carbocycles. The van der Waals surface area contributed by atoms with Crippen molar-refractivity contribution in [2.45, 2.75) is 12.6 Å². The van der Waals surface area contributed by atoms with Crippen molar-refractivity contribution in [3.8, 4) is 0 Å².